The van der Waals surface area contributed by atoms with E-state index in [2.05, 4.69) is 16.4 Å². The van der Waals surface area contributed by atoms with Gasteiger partial charge in [-0.3, -0.25) is 14.2 Å². The van der Waals surface area contributed by atoms with Gasteiger partial charge in [0.2, 0.25) is 5.91 Å². The van der Waals surface area contributed by atoms with E-state index in [4.69, 9.17) is 4.74 Å². The second-order valence-corrected chi connectivity index (χ2v) is 9.18. The number of carbonyl (C=O) groups is 1. The van der Waals surface area contributed by atoms with Gasteiger partial charge in [0, 0.05) is 17.8 Å². The third-order valence-electron chi connectivity index (χ3n) is 5.94. The third kappa shape index (κ3) is 4.25. The molecule has 0 fully saturated rings. The van der Waals surface area contributed by atoms with Crippen LogP contribution in [-0.2, 0) is 24.2 Å². The maximum atomic E-state index is 13.0. The standard InChI is InChI=1S/C25H25N3O3S/c29-22(26-12-14-31-19-10-9-17-5-1-2-6-18(17)15-19)11-13-28-16-27-24-23(25(28)30)20-7-3-4-8-21(20)32-24/h1-2,5-6,9-10,15-16H,3-4,7-8,11-14H2,(H,26,29). The number of aromatic nitrogens is 2. The molecule has 0 spiro atoms. The lowest BCUT2D eigenvalue weighted by molar-refractivity contribution is -0.121. The number of hydrogen-bond acceptors (Lipinski definition) is 5. The summed E-state index contributed by atoms with van der Waals surface area (Å²) in [5.41, 5.74) is 1.15. The molecular weight excluding hydrogens is 422 g/mol. The molecule has 0 aliphatic heterocycles. The minimum atomic E-state index is -0.105. The highest BCUT2D eigenvalue weighted by molar-refractivity contribution is 7.18. The largest absolute Gasteiger partial charge is 0.492 e. The van der Waals surface area contributed by atoms with Gasteiger partial charge in [-0.15, -0.1) is 11.3 Å². The van der Waals surface area contributed by atoms with E-state index in [0.29, 0.717) is 19.7 Å². The van der Waals surface area contributed by atoms with E-state index in [1.807, 2.05) is 36.4 Å². The summed E-state index contributed by atoms with van der Waals surface area (Å²) < 4.78 is 7.32. The molecule has 0 radical (unpaired) electrons. The molecule has 5 rings (SSSR count). The topological polar surface area (TPSA) is 73.2 Å². The molecule has 6 nitrogen and oxygen atoms in total. The number of hydrogen-bond donors (Lipinski definition) is 1. The Morgan fingerprint density at radius 3 is 2.88 bits per heavy atom. The molecule has 1 amide bonds. The average Bonchev–Trinajstić information content (AvgIpc) is 3.21. The average molecular weight is 448 g/mol. The fraction of sp³-hybridized carbons (Fsp3) is 0.320. The maximum Gasteiger partial charge on any atom is 0.262 e. The number of amides is 1. The Kier molecular flexibility index (Phi) is 5.90. The fourth-order valence-corrected chi connectivity index (χ4v) is 5.49. The SMILES string of the molecule is O=C(CCn1cnc2sc3c(c2c1=O)CCCC3)NCCOc1ccc2ccccc2c1. The number of ether oxygens (including phenoxy) is 1. The molecule has 2 aromatic heterocycles. The van der Waals surface area contributed by atoms with Crippen molar-refractivity contribution in [3.05, 3.63) is 69.6 Å². The van der Waals surface area contributed by atoms with Gasteiger partial charge in [-0.2, -0.15) is 0 Å². The van der Waals surface area contributed by atoms with Gasteiger partial charge in [0.05, 0.1) is 18.3 Å². The number of aryl methyl sites for hydroxylation is 3. The highest BCUT2D eigenvalue weighted by atomic mass is 32.1. The zero-order valence-electron chi connectivity index (χ0n) is 17.8. The van der Waals surface area contributed by atoms with Gasteiger partial charge < -0.3 is 10.1 Å². The summed E-state index contributed by atoms with van der Waals surface area (Å²) in [4.78, 5) is 31.8. The monoisotopic (exact) mass is 447 g/mol. The zero-order chi connectivity index (χ0) is 21.9. The van der Waals surface area contributed by atoms with Crippen molar-refractivity contribution in [3.63, 3.8) is 0 Å². The predicted molar refractivity (Wildman–Crippen MR) is 128 cm³/mol. The van der Waals surface area contributed by atoms with Crippen molar-refractivity contribution < 1.29 is 9.53 Å². The summed E-state index contributed by atoms with van der Waals surface area (Å²) in [5, 5.41) is 5.91. The number of fused-ring (bicyclic) bond motifs is 4. The molecule has 0 saturated carbocycles. The lowest BCUT2D eigenvalue weighted by Gasteiger charge is -2.11. The number of carbonyl (C=O) groups excluding carboxylic acids is 1. The van der Waals surface area contributed by atoms with Crippen LogP contribution in [0.2, 0.25) is 0 Å². The Labute approximate surface area is 189 Å². The molecule has 0 saturated heterocycles. The number of nitrogens with zero attached hydrogens (tertiary/aromatic N) is 2. The summed E-state index contributed by atoms with van der Waals surface area (Å²) in [7, 11) is 0. The number of thiophene rings is 1. The number of nitrogens with one attached hydrogen (secondary N) is 1. The molecule has 1 aliphatic rings. The van der Waals surface area contributed by atoms with Gasteiger partial charge in [-0.05, 0) is 54.2 Å². The van der Waals surface area contributed by atoms with Crippen molar-refractivity contribution in [2.75, 3.05) is 13.2 Å². The van der Waals surface area contributed by atoms with Crippen LogP contribution in [0.15, 0.2) is 53.6 Å². The molecule has 1 N–H and O–H groups in total. The van der Waals surface area contributed by atoms with Gasteiger partial charge in [0.15, 0.2) is 0 Å². The predicted octanol–water partition coefficient (Wildman–Crippen LogP) is 4.08. The molecular formula is C25H25N3O3S. The first-order valence-electron chi connectivity index (χ1n) is 11.1. The highest BCUT2D eigenvalue weighted by Crippen LogP contribution is 2.33. The van der Waals surface area contributed by atoms with Crippen LogP contribution in [0, 0.1) is 0 Å². The first-order valence-corrected chi connectivity index (χ1v) is 11.9. The Bertz CT molecular complexity index is 1340. The van der Waals surface area contributed by atoms with E-state index in [-0.39, 0.29) is 17.9 Å². The normalized spacial score (nSPS) is 13.2. The van der Waals surface area contributed by atoms with E-state index >= 15 is 0 Å². The van der Waals surface area contributed by atoms with Gasteiger partial charge in [-0.1, -0.05) is 30.3 Å². The van der Waals surface area contributed by atoms with Crippen LogP contribution < -0.4 is 15.6 Å². The molecule has 0 unspecified atom stereocenters. The zero-order valence-corrected chi connectivity index (χ0v) is 18.6. The van der Waals surface area contributed by atoms with Crippen molar-refractivity contribution in [3.8, 4) is 5.75 Å². The van der Waals surface area contributed by atoms with Crippen LogP contribution in [0.25, 0.3) is 21.0 Å². The van der Waals surface area contributed by atoms with Crippen molar-refractivity contribution >= 4 is 38.2 Å². The summed E-state index contributed by atoms with van der Waals surface area (Å²) in [6.45, 7) is 1.12. The summed E-state index contributed by atoms with van der Waals surface area (Å²) in [6, 6.07) is 14.1. The van der Waals surface area contributed by atoms with Crippen LogP contribution in [0.4, 0.5) is 0 Å². The van der Waals surface area contributed by atoms with Gasteiger partial charge in [0.1, 0.15) is 17.2 Å². The van der Waals surface area contributed by atoms with Crippen LogP contribution >= 0.6 is 11.3 Å². The van der Waals surface area contributed by atoms with Crippen LogP contribution in [0.1, 0.15) is 29.7 Å². The summed E-state index contributed by atoms with van der Waals surface area (Å²) in [5.74, 6) is 0.675. The van der Waals surface area contributed by atoms with Crippen molar-refractivity contribution in [2.24, 2.45) is 0 Å². The summed E-state index contributed by atoms with van der Waals surface area (Å²) in [6.07, 6.45) is 6.10. The van der Waals surface area contributed by atoms with E-state index in [1.165, 1.54) is 22.2 Å². The quantitative estimate of drug-likeness (QED) is 0.434. The Balaban J connectivity index is 1.13. The molecule has 0 atom stereocenters. The lowest BCUT2D eigenvalue weighted by atomic mass is 9.97. The lowest BCUT2D eigenvalue weighted by Crippen LogP contribution is -2.30. The second-order valence-electron chi connectivity index (χ2n) is 8.09. The molecule has 4 aromatic rings. The minimum absolute atomic E-state index is 0.0261. The van der Waals surface area contributed by atoms with Crippen molar-refractivity contribution in [1.29, 1.82) is 0 Å². The molecule has 0 bridgehead atoms. The molecule has 2 heterocycles. The van der Waals surface area contributed by atoms with Crippen molar-refractivity contribution in [2.45, 2.75) is 38.6 Å². The van der Waals surface area contributed by atoms with Gasteiger partial charge >= 0.3 is 0 Å². The third-order valence-corrected chi connectivity index (χ3v) is 7.14. The molecule has 2 aromatic carbocycles. The Morgan fingerprint density at radius 1 is 1.12 bits per heavy atom. The first-order chi connectivity index (χ1) is 15.7. The van der Waals surface area contributed by atoms with E-state index in [0.717, 1.165) is 40.6 Å². The molecule has 164 valence electrons. The van der Waals surface area contributed by atoms with Gasteiger partial charge in [0.25, 0.3) is 5.56 Å². The molecule has 1 aliphatic carbocycles. The van der Waals surface area contributed by atoms with Crippen LogP contribution in [-0.4, -0.2) is 28.6 Å². The first kappa shape index (κ1) is 20.7. The van der Waals surface area contributed by atoms with Crippen molar-refractivity contribution in [1.82, 2.24) is 14.9 Å². The molecule has 32 heavy (non-hydrogen) atoms. The van der Waals surface area contributed by atoms with Crippen LogP contribution in [0.3, 0.4) is 0 Å². The van der Waals surface area contributed by atoms with Crippen LogP contribution in [0.5, 0.6) is 5.75 Å². The summed E-state index contributed by atoms with van der Waals surface area (Å²) >= 11 is 1.64. The number of benzene rings is 2. The molecule has 7 heteroatoms. The maximum absolute atomic E-state index is 13.0. The smallest absolute Gasteiger partial charge is 0.262 e. The van der Waals surface area contributed by atoms with Gasteiger partial charge in [-0.25, -0.2) is 4.98 Å². The van der Waals surface area contributed by atoms with E-state index in [9.17, 15) is 9.59 Å². The fourth-order valence-electron chi connectivity index (χ4n) is 4.27. The number of rotatable bonds is 7. The second kappa shape index (κ2) is 9.12. The highest BCUT2D eigenvalue weighted by Gasteiger charge is 2.20. The Hall–Kier alpha value is -3.19. The van der Waals surface area contributed by atoms with E-state index < -0.39 is 0 Å². The minimum Gasteiger partial charge on any atom is -0.492 e. The van der Waals surface area contributed by atoms with E-state index in [1.54, 1.807) is 22.2 Å². The Morgan fingerprint density at radius 2 is 1.97 bits per heavy atom.